The molecule has 0 saturated heterocycles. The average molecular weight is 329 g/mol. The maximum Gasteiger partial charge on any atom is 0.325 e. The molecule has 1 aromatic carbocycles. The molecule has 84 valence electrons. The summed E-state index contributed by atoms with van der Waals surface area (Å²) in [5, 5.41) is 1.15. The fraction of sp³-hybridized carbons (Fsp3) is 0.250. The minimum Gasteiger partial charge on any atom is -0.465 e. The number of rotatable bonds is 3. The van der Waals surface area contributed by atoms with Crippen LogP contribution in [0, 0.1) is 3.57 Å². The minimum atomic E-state index is -0.196. The summed E-state index contributed by atoms with van der Waals surface area (Å²) in [5.74, 6) is -0.196. The Bertz CT molecular complexity index is 519. The van der Waals surface area contributed by atoms with Crippen LogP contribution in [-0.4, -0.2) is 17.1 Å². The van der Waals surface area contributed by atoms with Gasteiger partial charge in [-0.05, 0) is 53.8 Å². The summed E-state index contributed by atoms with van der Waals surface area (Å²) in [5.41, 5.74) is 1.06. The van der Waals surface area contributed by atoms with E-state index in [-0.39, 0.29) is 12.5 Å². The number of fused-ring (bicyclic) bond motifs is 1. The van der Waals surface area contributed by atoms with Crippen LogP contribution in [0.5, 0.6) is 0 Å². The van der Waals surface area contributed by atoms with E-state index in [0.717, 1.165) is 10.9 Å². The monoisotopic (exact) mass is 329 g/mol. The SMILES string of the molecule is CCOC(=O)Cn1ccc2cc(I)ccc21. The fourth-order valence-corrected chi connectivity index (χ4v) is 2.17. The number of halogens is 1. The lowest BCUT2D eigenvalue weighted by Crippen LogP contribution is -2.12. The molecular weight excluding hydrogens is 317 g/mol. The van der Waals surface area contributed by atoms with Crippen molar-refractivity contribution in [1.82, 2.24) is 4.57 Å². The molecule has 0 aliphatic heterocycles. The zero-order valence-corrected chi connectivity index (χ0v) is 11.1. The summed E-state index contributed by atoms with van der Waals surface area (Å²) in [6, 6.07) is 8.16. The number of carbonyl (C=O) groups is 1. The highest BCUT2D eigenvalue weighted by Gasteiger charge is 2.06. The molecule has 2 aromatic rings. The van der Waals surface area contributed by atoms with Gasteiger partial charge in [-0.25, -0.2) is 0 Å². The fourth-order valence-electron chi connectivity index (χ4n) is 1.65. The predicted octanol–water partition coefficient (Wildman–Crippen LogP) is 2.81. The molecule has 3 nitrogen and oxygen atoms in total. The zero-order chi connectivity index (χ0) is 11.5. The van der Waals surface area contributed by atoms with Crippen LogP contribution in [0.15, 0.2) is 30.5 Å². The number of ether oxygens (including phenoxy) is 1. The number of carbonyl (C=O) groups excluding carboxylic acids is 1. The van der Waals surface area contributed by atoms with Crippen molar-refractivity contribution in [3.05, 3.63) is 34.0 Å². The molecule has 0 N–H and O–H groups in total. The summed E-state index contributed by atoms with van der Waals surface area (Å²) >= 11 is 2.28. The van der Waals surface area contributed by atoms with Crippen LogP contribution in [-0.2, 0) is 16.1 Å². The first-order valence-electron chi connectivity index (χ1n) is 5.10. The Morgan fingerprint density at radius 2 is 2.25 bits per heavy atom. The van der Waals surface area contributed by atoms with E-state index in [1.54, 1.807) is 0 Å². The summed E-state index contributed by atoms with van der Waals surface area (Å²) in [6.45, 7) is 2.52. The van der Waals surface area contributed by atoms with E-state index >= 15 is 0 Å². The number of hydrogen-bond donors (Lipinski definition) is 0. The van der Waals surface area contributed by atoms with Gasteiger partial charge in [0.15, 0.2) is 0 Å². The van der Waals surface area contributed by atoms with Gasteiger partial charge in [0.05, 0.1) is 6.61 Å². The maximum atomic E-state index is 11.4. The molecule has 0 fully saturated rings. The molecule has 1 heterocycles. The first-order valence-corrected chi connectivity index (χ1v) is 6.18. The van der Waals surface area contributed by atoms with Crippen LogP contribution in [0.2, 0.25) is 0 Å². The molecular formula is C12H12INO2. The predicted molar refractivity (Wildman–Crippen MR) is 71.3 cm³/mol. The summed E-state index contributed by atoms with van der Waals surface area (Å²) < 4.78 is 8.03. The van der Waals surface area contributed by atoms with Gasteiger partial charge >= 0.3 is 5.97 Å². The lowest BCUT2D eigenvalue weighted by Gasteiger charge is -2.04. The molecule has 0 spiro atoms. The normalized spacial score (nSPS) is 10.6. The Labute approximate surface area is 108 Å². The molecule has 0 saturated carbocycles. The molecule has 0 aliphatic carbocycles. The topological polar surface area (TPSA) is 31.2 Å². The van der Waals surface area contributed by atoms with Gasteiger partial charge in [-0.3, -0.25) is 4.79 Å². The van der Waals surface area contributed by atoms with Crippen molar-refractivity contribution in [3.63, 3.8) is 0 Å². The third-order valence-corrected chi connectivity index (χ3v) is 3.01. The largest absolute Gasteiger partial charge is 0.465 e. The lowest BCUT2D eigenvalue weighted by molar-refractivity contribution is -0.143. The third-order valence-electron chi connectivity index (χ3n) is 2.34. The smallest absolute Gasteiger partial charge is 0.325 e. The second-order valence-corrected chi connectivity index (χ2v) is 4.70. The minimum absolute atomic E-state index is 0.196. The number of hydrogen-bond acceptors (Lipinski definition) is 2. The van der Waals surface area contributed by atoms with Crippen molar-refractivity contribution in [2.75, 3.05) is 6.61 Å². The highest BCUT2D eigenvalue weighted by molar-refractivity contribution is 14.1. The standard InChI is InChI=1S/C12H12INO2/c1-2-16-12(15)8-14-6-5-9-7-10(13)3-4-11(9)14/h3-7H,2,8H2,1H3. The van der Waals surface area contributed by atoms with Gasteiger partial charge in [0, 0.05) is 20.7 Å². The second kappa shape index (κ2) is 4.86. The number of esters is 1. The summed E-state index contributed by atoms with van der Waals surface area (Å²) in [7, 11) is 0. The zero-order valence-electron chi connectivity index (χ0n) is 8.94. The Morgan fingerprint density at radius 1 is 1.44 bits per heavy atom. The molecule has 0 atom stereocenters. The quantitative estimate of drug-likeness (QED) is 0.641. The summed E-state index contributed by atoms with van der Waals surface area (Å²) in [6.07, 6.45) is 1.91. The molecule has 0 radical (unpaired) electrons. The van der Waals surface area contributed by atoms with Gasteiger partial charge in [-0.2, -0.15) is 0 Å². The van der Waals surface area contributed by atoms with Crippen molar-refractivity contribution in [2.45, 2.75) is 13.5 Å². The van der Waals surface area contributed by atoms with Crippen molar-refractivity contribution < 1.29 is 9.53 Å². The third kappa shape index (κ3) is 2.37. The molecule has 0 bridgehead atoms. The molecule has 16 heavy (non-hydrogen) atoms. The van der Waals surface area contributed by atoms with Crippen molar-refractivity contribution in [3.8, 4) is 0 Å². The van der Waals surface area contributed by atoms with Crippen molar-refractivity contribution >= 4 is 39.5 Å². The maximum absolute atomic E-state index is 11.4. The lowest BCUT2D eigenvalue weighted by atomic mass is 10.2. The number of benzene rings is 1. The van der Waals surface area contributed by atoms with Crippen LogP contribution in [0.1, 0.15) is 6.92 Å². The van der Waals surface area contributed by atoms with E-state index in [4.69, 9.17) is 4.74 Å². The molecule has 1 aromatic heterocycles. The highest BCUT2D eigenvalue weighted by Crippen LogP contribution is 2.18. The molecule has 4 heteroatoms. The second-order valence-electron chi connectivity index (χ2n) is 3.45. The first kappa shape index (κ1) is 11.4. The van der Waals surface area contributed by atoms with Crippen LogP contribution < -0.4 is 0 Å². The summed E-state index contributed by atoms with van der Waals surface area (Å²) in [4.78, 5) is 11.4. The van der Waals surface area contributed by atoms with Gasteiger partial charge in [0.1, 0.15) is 6.54 Å². The Morgan fingerprint density at radius 3 is 3.00 bits per heavy atom. The van der Waals surface area contributed by atoms with E-state index < -0.39 is 0 Å². The van der Waals surface area contributed by atoms with E-state index in [2.05, 4.69) is 28.7 Å². The van der Waals surface area contributed by atoms with Crippen LogP contribution in [0.25, 0.3) is 10.9 Å². The van der Waals surface area contributed by atoms with Crippen LogP contribution >= 0.6 is 22.6 Å². The van der Waals surface area contributed by atoms with Gasteiger partial charge in [-0.1, -0.05) is 0 Å². The molecule has 0 amide bonds. The van der Waals surface area contributed by atoms with E-state index in [0.29, 0.717) is 6.61 Å². The van der Waals surface area contributed by atoms with E-state index in [1.165, 1.54) is 3.57 Å². The van der Waals surface area contributed by atoms with E-state index in [9.17, 15) is 4.79 Å². The Hall–Kier alpha value is -1.04. The molecule has 0 aliphatic rings. The molecule has 2 rings (SSSR count). The van der Waals surface area contributed by atoms with Gasteiger partial charge in [0.25, 0.3) is 0 Å². The van der Waals surface area contributed by atoms with Gasteiger partial charge in [0.2, 0.25) is 0 Å². The average Bonchev–Trinajstić information content (AvgIpc) is 2.61. The number of nitrogens with zero attached hydrogens (tertiary/aromatic N) is 1. The Kier molecular flexibility index (Phi) is 3.48. The van der Waals surface area contributed by atoms with Gasteiger partial charge in [-0.15, -0.1) is 0 Å². The van der Waals surface area contributed by atoms with Crippen LogP contribution in [0.3, 0.4) is 0 Å². The highest BCUT2D eigenvalue weighted by atomic mass is 127. The molecule has 0 unspecified atom stereocenters. The van der Waals surface area contributed by atoms with Crippen molar-refractivity contribution in [2.24, 2.45) is 0 Å². The number of aromatic nitrogens is 1. The first-order chi connectivity index (χ1) is 7.70. The van der Waals surface area contributed by atoms with Crippen molar-refractivity contribution in [1.29, 1.82) is 0 Å². The van der Waals surface area contributed by atoms with Gasteiger partial charge < -0.3 is 9.30 Å². The van der Waals surface area contributed by atoms with E-state index in [1.807, 2.05) is 35.9 Å². The Balaban J connectivity index is 2.28. The van der Waals surface area contributed by atoms with Crippen LogP contribution in [0.4, 0.5) is 0 Å².